The Morgan fingerprint density at radius 1 is 1.15 bits per heavy atom. The van der Waals surface area contributed by atoms with Crippen molar-refractivity contribution in [2.75, 3.05) is 11.8 Å². The third kappa shape index (κ3) is 3.56. The lowest BCUT2D eigenvalue weighted by molar-refractivity contribution is 0.399. The minimum Gasteiger partial charge on any atom is -0.504 e. The molecule has 0 bridgehead atoms. The first-order valence-corrected chi connectivity index (χ1v) is 9.23. The zero-order valence-corrected chi connectivity index (χ0v) is 15.1. The van der Waals surface area contributed by atoms with Gasteiger partial charge in [-0.25, -0.2) is 13.4 Å². The molecule has 2 N–H and O–H groups in total. The standard InChI is InChI=1S/C17H14ClN3O4S/c1-25-17-13(11-5-3-2-4-6-11)7-12(8-20-17)26(23,24)21-15-10-19-9-14(18)16(15)22/h2-10,21H,1H3,(H,19,22). The predicted octanol–water partition coefficient (Wildman–Crippen LogP) is 3.31. The number of anilines is 1. The topological polar surface area (TPSA) is 101 Å². The number of sulfonamides is 1. The van der Waals surface area contributed by atoms with Crippen molar-refractivity contribution in [2.45, 2.75) is 4.90 Å². The van der Waals surface area contributed by atoms with E-state index < -0.39 is 15.8 Å². The summed E-state index contributed by atoms with van der Waals surface area (Å²) in [6, 6.07) is 10.6. The number of hydrogen-bond donors (Lipinski definition) is 2. The van der Waals surface area contributed by atoms with Gasteiger partial charge in [0.2, 0.25) is 5.88 Å². The molecule has 1 aromatic carbocycles. The average Bonchev–Trinajstić information content (AvgIpc) is 2.65. The fourth-order valence-electron chi connectivity index (χ4n) is 2.27. The molecule has 2 heterocycles. The normalized spacial score (nSPS) is 11.2. The molecular formula is C17H14ClN3O4S. The van der Waals surface area contributed by atoms with Gasteiger partial charge in [0.05, 0.1) is 19.5 Å². The van der Waals surface area contributed by atoms with Crippen LogP contribution in [0, 0.1) is 0 Å². The molecule has 2 aromatic heterocycles. The quantitative estimate of drug-likeness (QED) is 0.691. The lowest BCUT2D eigenvalue weighted by atomic mass is 10.1. The maximum Gasteiger partial charge on any atom is 0.263 e. The molecule has 0 fully saturated rings. The smallest absolute Gasteiger partial charge is 0.263 e. The van der Waals surface area contributed by atoms with Gasteiger partial charge in [-0.3, -0.25) is 9.71 Å². The van der Waals surface area contributed by atoms with Gasteiger partial charge < -0.3 is 9.84 Å². The summed E-state index contributed by atoms with van der Waals surface area (Å²) >= 11 is 5.76. The van der Waals surface area contributed by atoms with Crippen molar-refractivity contribution < 1.29 is 18.3 Å². The maximum atomic E-state index is 12.7. The molecule has 0 saturated heterocycles. The molecule has 0 amide bonds. The van der Waals surface area contributed by atoms with Gasteiger partial charge in [-0.05, 0) is 11.6 Å². The van der Waals surface area contributed by atoms with Crippen LogP contribution in [-0.2, 0) is 10.0 Å². The van der Waals surface area contributed by atoms with Crippen LogP contribution < -0.4 is 9.46 Å². The Kier molecular flexibility index (Phi) is 4.97. The van der Waals surface area contributed by atoms with Gasteiger partial charge in [-0.2, -0.15) is 0 Å². The Labute approximate surface area is 155 Å². The van der Waals surface area contributed by atoms with Crippen LogP contribution in [0.2, 0.25) is 5.02 Å². The zero-order chi connectivity index (χ0) is 18.7. The number of nitrogens with one attached hydrogen (secondary N) is 1. The highest BCUT2D eigenvalue weighted by molar-refractivity contribution is 7.92. The lowest BCUT2D eigenvalue weighted by Crippen LogP contribution is -2.14. The van der Waals surface area contributed by atoms with Gasteiger partial charge in [0.15, 0.2) is 5.75 Å². The van der Waals surface area contributed by atoms with Gasteiger partial charge in [-0.1, -0.05) is 41.9 Å². The number of aromatic nitrogens is 2. The van der Waals surface area contributed by atoms with Crippen LogP contribution in [0.25, 0.3) is 11.1 Å². The van der Waals surface area contributed by atoms with E-state index in [1.807, 2.05) is 30.3 Å². The van der Waals surface area contributed by atoms with Gasteiger partial charge in [0, 0.05) is 11.8 Å². The van der Waals surface area contributed by atoms with Crippen LogP contribution in [0.3, 0.4) is 0 Å². The maximum absolute atomic E-state index is 12.7. The molecule has 0 radical (unpaired) electrons. The fraction of sp³-hybridized carbons (Fsp3) is 0.0588. The minimum absolute atomic E-state index is 0.0666. The summed E-state index contributed by atoms with van der Waals surface area (Å²) in [6.45, 7) is 0. The lowest BCUT2D eigenvalue weighted by Gasteiger charge is -2.12. The van der Waals surface area contributed by atoms with E-state index in [2.05, 4.69) is 14.7 Å². The van der Waals surface area contributed by atoms with Crippen molar-refractivity contribution in [2.24, 2.45) is 0 Å². The van der Waals surface area contributed by atoms with Gasteiger partial charge in [0.25, 0.3) is 10.0 Å². The Morgan fingerprint density at radius 2 is 1.88 bits per heavy atom. The van der Waals surface area contributed by atoms with Crippen molar-refractivity contribution in [3.63, 3.8) is 0 Å². The minimum atomic E-state index is -4.03. The zero-order valence-electron chi connectivity index (χ0n) is 13.5. The summed E-state index contributed by atoms with van der Waals surface area (Å²) in [5, 5.41) is 9.82. The summed E-state index contributed by atoms with van der Waals surface area (Å²) < 4.78 is 32.8. The third-order valence-corrected chi connectivity index (χ3v) is 5.14. The van der Waals surface area contributed by atoms with E-state index in [9.17, 15) is 13.5 Å². The molecule has 26 heavy (non-hydrogen) atoms. The van der Waals surface area contributed by atoms with E-state index in [4.69, 9.17) is 16.3 Å². The highest BCUT2D eigenvalue weighted by atomic mass is 35.5. The van der Waals surface area contributed by atoms with Crippen LogP contribution in [0.5, 0.6) is 11.6 Å². The van der Waals surface area contributed by atoms with E-state index in [0.717, 1.165) is 11.8 Å². The molecule has 0 unspecified atom stereocenters. The van der Waals surface area contributed by atoms with E-state index in [0.29, 0.717) is 11.4 Å². The number of benzene rings is 1. The van der Waals surface area contributed by atoms with Gasteiger partial charge >= 0.3 is 0 Å². The van der Waals surface area contributed by atoms with E-state index in [1.165, 1.54) is 25.6 Å². The van der Waals surface area contributed by atoms with Crippen LogP contribution in [-0.4, -0.2) is 30.6 Å². The first-order chi connectivity index (χ1) is 12.4. The predicted molar refractivity (Wildman–Crippen MR) is 97.9 cm³/mol. The Hall–Kier alpha value is -2.84. The molecule has 0 spiro atoms. The Bertz CT molecular complexity index is 1040. The second-order valence-corrected chi connectivity index (χ2v) is 7.31. The van der Waals surface area contributed by atoms with E-state index in [-0.39, 0.29) is 15.6 Å². The van der Waals surface area contributed by atoms with Crippen molar-refractivity contribution in [3.8, 4) is 22.8 Å². The van der Waals surface area contributed by atoms with E-state index >= 15 is 0 Å². The second-order valence-electron chi connectivity index (χ2n) is 5.22. The fourth-order valence-corrected chi connectivity index (χ4v) is 3.45. The SMILES string of the molecule is COc1ncc(S(=O)(=O)Nc2cncc(Cl)c2O)cc1-c1ccccc1. The van der Waals surface area contributed by atoms with Gasteiger partial charge in [0.1, 0.15) is 15.6 Å². The van der Waals surface area contributed by atoms with Crippen molar-refractivity contribution >= 4 is 27.3 Å². The highest BCUT2D eigenvalue weighted by Crippen LogP contribution is 2.33. The Morgan fingerprint density at radius 3 is 2.58 bits per heavy atom. The second kappa shape index (κ2) is 7.19. The molecule has 0 aliphatic heterocycles. The summed E-state index contributed by atoms with van der Waals surface area (Å²) in [5.41, 5.74) is 1.14. The average molecular weight is 392 g/mol. The molecular weight excluding hydrogens is 378 g/mol. The summed E-state index contributed by atoms with van der Waals surface area (Å²) in [5.74, 6) is -0.114. The largest absolute Gasteiger partial charge is 0.504 e. The van der Waals surface area contributed by atoms with Crippen LogP contribution in [0.4, 0.5) is 5.69 Å². The molecule has 0 aliphatic carbocycles. The summed E-state index contributed by atoms with van der Waals surface area (Å²) in [4.78, 5) is 7.74. The molecule has 0 atom stereocenters. The number of rotatable bonds is 5. The number of hydrogen-bond acceptors (Lipinski definition) is 6. The first kappa shape index (κ1) is 18.0. The van der Waals surface area contributed by atoms with Crippen LogP contribution >= 0.6 is 11.6 Å². The molecule has 3 rings (SSSR count). The van der Waals surface area contributed by atoms with Crippen molar-refractivity contribution in [1.29, 1.82) is 0 Å². The van der Waals surface area contributed by atoms with E-state index in [1.54, 1.807) is 0 Å². The number of ether oxygens (including phenoxy) is 1. The number of pyridine rings is 2. The number of methoxy groups -OCH3 is 1. The van der Waals surface area contributed by atoms with Gasteiger partial charge in [-0.15, -0.1) is 0 Å². The third-order valence-electron chi connectivity index (χ3n) is 3.53. The number of nitrogens with zero attached hydrogens (tertiary/aromatic N) is 2. The summed E-state index contributed by atoms with van der Waals surface area (Å²) in [6.07, 6.45) is 3.54. The molecule has 7 nitrogen and oxygen atoms in total. The molecule has 0 aliphatic rings. The number of aromatic hydroxyl groups is 1. The van der Waals surface area contributed by atoms with Crippen molar-refractivity contribution in [3.05, 3.63) is 60.0 Å². The molecule has 3 aromatic rings. The summed E-state index contributed by atoms with van der Waals surface area (Å²) in [7, 11) is -2.58. The molecule has 0 saturated carbocycles. The van der Waals surface area contributed by atoms with Crippen LogP contribution in [0.1, 0.15) is 0 Å². The first-order valence-electron chi connectivity index (χ1n) is 7.37. The van der Waals surface area contributed by atoms with Crippen LogP contribution in [0.15, 0.2) is 59.9 Å². The molecule has 9 heteroatoms. The highest BCUT2D eigenvalue weighted by Gasteiger charge is 2.20. The van der Waals surface area contributed by atoms with Crippen molar-refractivity contribution in [1.82, 2.24) is 9.97 Å². The Balaban J connectivity index is 2.04. The number of halogens is 1. The monoisotopic (exact) mass is 391 g/mol. The molecule has 134 valence electrons.